The summed E-state index contributed by atoms with van der Waals surface area (Å²) < 4.78 is 28.4. The van der Waals surface area contributed by atoms with Gasteiger partial charge in [-0.2, -0.15) is 0 Å². The van der Waals surface area contributed by atoms with Crippen LogP contribution < -0.4 is 5.32 Å². The van der Waals surface area contributed by atoms with Crippen molar-refractivity contribution in [1.29, 1.82) is 0 Å². The number of amides is 1. The molecule has 28 heavy (non-hydrogen) atoms. The van der Waals surface area contributed by atoms with Gasteiger partial charge in [-0.15, -0.1) is 0 Å². The second-order valence-electron chi connectivity index (χ2n) is 6.82. The molecule has 1 amide bonds. The maximum Gasteiger partial charge on any atom is 0.338 e. The Bertz CT molecular complexity index is 939. The third-order valence-corrected chi connectivity index (χ3v) is 5.42. The normalized spacial score (nSPS) is 12.2. The number of aryl methyl sites for hydroxylation is 2. The average molecular weight is 404 g/mol. The van der Waals surface area contributed by atoms with E-state index in [1.807, 2.05) is 37.3 Å². The largest absolute Gasteiger partial charge is 0.452 e. The van der Waals surface area contributed by atoms with Crippen molar-refractivity contribution < 1.29 is 22.7 Å². The minimum Gasteiger partial charge on any atom is -0.452 e. The van der Waals surface area contributed by atoms with Gasteiger partial charge < -0.3 is 10.1 Å². The number of hydrogen-bond acceptors (Lipinski definition) is 5. The quantitative estimate of drug-likeness (QED) is 0.685. The summed E-state index contributed by atoms with van der Waals surface area (Å²) in [6.45, 7) is 3.15. The topological polar surface area (TPSA) is 89.5 Å². The monoisotopic (exact) mass is 403 g/mol. The van der Waals surface area contributed by atoms with Gasteiger partial charge in [0.25, 0.3) is 5.91 Å². The molecular weight excluding hydrogens is 378 g/mol. The van der Waals surface area contributed by atoms with E-state index in [-0.39, 0.29) is 16.5 Å². The van der Waals surface area contributed by atoms with Gasteiger partial charge in [-0.05, 0) is 49.9 Å². The first-order valence-electron chi connectivity index (χ1n) is 8.98. The van der Waals surface area contributed by atoms with Gasteiger partial charge in [0.15, 0.2) is 16.4 Å². The molecule has 2 aromatic carbocycles. The van der Waals surface area contributed by atoms with Crippen LogP contribution in [0.1, 0.15) is 34.8 Å². The minimum atomic E-state index is -3.44. The molecule has 0 aliphatic carbocycles. The molecule has 7 heteroatoms. The van der Waals surface area contributed by atoms with Gasteiger partial charge in [0.05, 0.1) is 10.5 Å². The van der Waals surface area contributed by atoms with E-state index < -0.39 is 28.3 Å². The lowest BCUT2D eigenvalue weighted by atomic mass is 10.1. The van der Waals surface area contributed by atoms with E-state index in [0.29, 0.717) is 5.56 Å². The molecule has 150 valence electrons. The number of benzene rings is 2. The van der Waals surface area contributed by atoms with E-state index in [1.165, 1.54) is 17.7 Å². The Balaban J connectivity index is 1.86. The molecule has 6 nitrogen and oxygen atoms in total. The van der Waals surface area contributed by atoms with Crippen LogP contribution in [0.4, 0.5) is 0 Å². The van der Waals surface area contributed by atoms with Gasteiger partial charge in [0.2, 0.25) is 0 Å². The highest BCUT2D eigenvalue weighted by molar-refractivity contribution is 7.90. The van der Waals surface area contributed by atoms with Crippen LogP contribution in [0.25, 0.3) is 0 Å². The Hall–Kier alpha value is -2.67. The Kier molecular flexibility index (Phi) is 7.34. The van der Waals surface area contributed by atoms with Crippen molar-refractivity contribution >= 4 is 21.7 Å². The summed E-state index contributed by atoms with van der Waals surface area (Å²) in [6.07, 6.45) is 2.66. The molecule has 2 aromatic rings. The molecule has 0 aliphatic heterocycles. The predicted molar refractivity (Wildman–Crippen MR) is 107 cm³/mol. The molecule has 0 saturated heterocycles. The minimum absolute atomic E-state index is 0.0315. The van der Waals surface area contributed by atoms with Crippen molar-refractivity contribution in [2.45, 2.75) is 37.6 Å². The number of nitrogens with one attached hydrogen (secondary N) is 1. The van der Waals surface area contributed by atoms with E-state index in [0.717, 1.165) is 19.1 Å². The first-order chi connectivity index (χ1) is 13.2. The highest BCUT2D eigenvalue weighted by Gasteiger charge is 2.17. The molecule has 0 heterocycles. The molecule has 0 aliphatic rings. The number of esters is 1. The molecule has 2 rings (SSSR count). The van der Waals surface area contributed by atoms with E-state index in [4.69, 9.17) is 4.74 Å². The zero-order valence-electron chi connectivity index (χ0n) is 16.3. The fraction of sp³-hybridized carbons (Fsp3) is 0.333. The molecule has 1 N–H and O–H groups in total. The van der Waals surface area contributed by atoms with Crippen molar-refractivity contribution in [3.05, 3.63) is 65.2 Å². The van der Waals surface area contributed by atoms with Crippen LogP contribution >= 0.6 is 0 Å². The molecule has 0 saturated carbocycles. The van der Waals surface area contributed by atoms with E-state index >= 15 is 0 Å². The number of sulfone groups is 1. The highest BCUT2D eigenvalue weighted by Crippen LogP contribution is 2.16. The second-order valence-corrected chi connectivity index (χ2v) is 8.83. The third kappa shape index (κ3) is 6.49. The van der Waals surface area contributed by atoms with Gasteiger partial charge in [0, 0.05) is 12.3 Å². The van der Waals surface area contributed by atoms with Crippen molar-refractivity contribution in [3.63, 3.8) is 0 Å². The summed E-state index contributed by atoms with van der Waals surface area (Å²) in [5.74, 6) is -1.12. The van der Waals surface area contributed by atoms with Gasteiger partial charge in [0.1, 0.15) is 0 Å². The first kappa shape index (κ1) is 21.6. The van der Waals surface area contributed by atoms with E-state index in [2.05, 4.69) is 5.32 Å². The van der Waals surface area contributed by atoms with Crippen LogP contribution in [0.15, 0.2) is 53.4 Å². The van der Waals surface area contributed by atoms with E-state index in [1.54, 1.807) is 13.0 Å². The lowest BCUT2D eigenvalue weighted by Crippen LogP contribution is -2.36. The zero-order valence-corrected chi connectivity index (χ0v) is 17.1. The van der Waals surface area contributed by atoms with Gasteiger partial charge in [-0.3, -0.25) is 4.79 Å². The average Bonchev–Trinajstić information content (AvgIpc) is 2.64. The van der Waals surface area contributed by atoms with Gasteiger partial charge in [-0.1, -0.05) is 36.4 Å². The van der Waals surface area contributed by atoms with Crippen LogP contribution in [-0.2, 0) is 25.8 Å². The smallest absolute Gasteiger partial charge is 0.338 e. The highest BCUT2D eigenvalue weighted by atomic mass is 32.2. The number of hydrogen-bond donors (Lipinski definition) is 1. The van der Waals surface area contributed by atoms with Crippen LogP contribution in [0.3, 0.4) is 0 Å². The summed E-state index contributed by atoms with van der Waals surface area (Å²) in [4.78, 5) is 24.3. The number of carbonyl (C=O) groups is 2. The standard InChI is InChI=1S/C21H25NO5S/c1-15-9-12-18(28(3,25)26)13-19(15)21(24)27-14-20(23)22-16(2)10-11-17-7-5-4-6-8-17/h4-9,12-13,16H,10-11,14H2,1-3H3,(H,22,23). The summed E-state index contributed by atoms with van der Waals surface area (Å²) in [5, 5.41) is 2.80. The van der Waals surface area contributed by atoms with Crippen LogP contribution in [0, 0.1) is 6.92 Å². The molecule has 0 radical (unpaired) electrons. The molecule has 1 unspecified atom stereocenters. The Labute approximate surface area is 165 Å². The number of rotatable bonds is 8. The molecule has 0 aromatic heterocycles. The van der Waals surface area contributed by atoms with Crippen LogP contribution in [0.5, 0.6) is 0 Å². The second kappa shape index (κ2) is 9.50. The molecule has 1 atom stereocenters. The molecule has 0 bridgehead atoms. The summed E-state index contributed by atoms with van der Waals surface area (Å²) in [7, 11) is -3.44. The van der Waals surface area contributed by atoms with Crippen molar-refractivity contribution in [2.24, 2.45) is 0 Å². The van der Waals surface area contributed by atoms with Crippen molar-refractivity contribution in [1.82, 2.24) is 5.32 Å². The van der Waals surface area contributed by atoms with E-state index in [9.17, 15) is 18.0 Å². The Morgan fingerprint density at radius 1 is 1.11 bits per heavy atom. The lowest BCUT2D eigenvalue weighted by molar-refractivity contribution is -0.124. The summed E-state index contributed by atoms with van der Waals surface area (Å²) >= 11 is 0. The predicted octanol–water partition coefficient (Wildman–Crippen LogP) is 2.69. The Morgan fingerprint density at radius 2 is 1.79 bits per heavy atom. The molecule has 0 spiro atoms. The molecular formula is C21H25NO5S. The fourth-order valence-corrected chi connectivity index (χ4v) is 3.32. The summed E-state index contributed by atoms with van der Waals surface area (Å²) in [5.41, 5.74) is 1.90. The SMILES string of the molecule is Cc1ccc(S(C)(=O)=O)cc1C(=O)OCC(=O)NC(C)CCc1ccccc1. The third-order valence-electron chi connectivity index (χ3n) is 4.31. The molecule has 0 fully saturated rings. The zero-order chi connectivity index (χ0) is 20.7. The Morgan fingerprint density at radius 3 is 2.43 bits per heavy atom. The maximum atomic E-state index is 12.2. The lowest BCUT2D eigenvalue weighted by Gasteiger charge is -2.14. The van der Waals surface area contributed by atoms with Gasteiger partial charge >= 0.3 is 5.97 Å². The maximum absolute atomic E-state index is 12.2. The number of carbonyl (C=O) groups excluding carboxylic acids is 2. The summed E-state index contributed by atoms with van der Waals surface area (Å²) in [6, 6.07) is 14.1. The fourth-order valence-electron chi connectivity index (χ4n) is 2.68. The van der Waals surface area contributed by atoms with Gasteiger partial charge in [-0.25, -0.2) is 13.2 Å². The van der Waals surface area contributed by atoms with Crippen LogP contribution in [-0.4, -0.2) is 39.2 Å². The van der Waals surface area contributed by atoms with Crippen molar-refractivity contribution in [2.75, 3.05) is 12.9 Å². The number of ether oxygens (including phenoxy) is 1. The van der Waals surface area contributed by atoms with Crippen molar-refractivity contribution in [3.8, 4) is 0 Å². The first-order valence-corrected chi connectivity index (χ1v) is 10.9. The van der Waals surface area contributed by atoms with Crippen LogP contribution in [0.2, 0.25) is 0 Å².